The summed E-state index contributed by atoms with van der Waals surface area (Å²) in [7, 11) is 0. The molecule has 2 nitrogen and oxygen atoms in total. The van der Waals surface area contributed by atoms with Gasteiger partial charge in [0.2, 0.25) is 0 Å². The Morgan fingerprint density at radius 1 is 0.667 bits per heavy atom. The van der Waals surface area contributed by atoms with Gasteiger partial charge in [0, 0.05) is 11.4 Å². The quantitative estimate of drug-likeness (QED) is 0.676. The Bertz CT molecular complexity index is 760. The first-order valence-electron chi connectivity index (χ1n) is 6.97. The summed E-state index contributed by atoms with van der Waals surface area (Å²) in [6.45, 7) is 2.07. The molecule has 2 heteroatoms. The molecular formula is C19H18N2. The standard InChI is InChI=1S/C19H18N2/c1-13-18(21)12-11-17(14-7-9-16(20)10-8-14)19(13)15-5-3-2-4-6-15/h2-12H,20-21H2,1H3. The van der Waals surface area contributed by atoms with Crippen LogP contribution in [0.1, 0.15) is 5.56 Å². The van der Waals surface area contributed by atoms with Gasteiger partial charge in [-0.15, -0.1) is 0 Å². The van der Waals surface area contributed by atoms with Gasteiger partial charge in [0.1, 0.15) is 0 Å². The molecule has 0 atom stereocenters. The van der Waals surface area contributed by atoms with E-state index < -0.39 is 0 Å². The van der Waals surface area contributed by atoms with E-state index in [9.17, 15) is 0 Å². The van der Waals surface area contributed by atoms with Crippen molar-refractivity contribution in [2.45, 2.75) is 6.92 Å². The lowest BCUT2D eigenvalue weighted by molar-refractivity contribution is 1.45. The molecular weight excluding hydrogens is 256 g/mol. The lowest BCUT2D eigenvalue weighted by Gasteiger charge is -2.15. The van der Waals surface area contributed by atoms with Crippen molar-refractivity contribution in [1.82, 2.24) is 0 Å². The van der Waals surface area contributed by atoms with E-state index in [1.165, 1.54) is 16.7 Å². The molecule has 0 unspecified atom stereocenters. The molecule has 0 spiro atoms. The number of hydrogen-bond acceptors (Lipinski definition) is 2. The Kier molecular flexibility index (Phi) is 3.36. The fourth-order valence-electron chi connectivity index (χ4n) is 2.61. The highest BCUT2D eigenvalue weighted by atomic mass is 14.6. The van der Waals surface area contributed by atoms with Crippen molar-refractivity contribution in [3.05, 3.63) is 72.3 Å². The molecule has 3 aromatic rings. The van der Waals surface area contributed by atoms with Crippen molar-refractivity contribution in [1.29, 1.82) is 0 Å². The molecule has 3 aromatic carbocycles. The molecule has 0 bridgehead atoms. The van der Waals surface area contributed by atoms with Crippen LogP contribution in [0, 0.1) is 6.92 Å². The summed E-state index contributed by atoms with van der Waals surface area (Å²) in [5.74, 6) is 0. The molecule has 3 rings (SSSR count). The highest BCUT2D eigenvalue weighted by molar-refractivity contribution is 5.88. The number of nitrogens with two attached hydrogens (primary N) is 2. The van der Waals surface area contributed by atoms with Gasteiger partial charge in [0.05, 0.1) is 0 Å². The second-order valence-electron chi connectivity index (χ2n) is 5.19. The van der Waals surface area contributed by atoms with E-state index >= 15 is 0 Å². The van der Waals surface area contributed by atoms with Gasteiger partial charge in [0.15, 0.2) is 0 Å². The van der Waals surface area contributed by atoms with Crippen molar-refractivity contribution in [2.24, 2.45) is 0 Å². The van der Waals surface area contributed by atoms with Crippen LogP contribution in [-0.2, 0) is 0 Å². The van der Waals surface area contributed by atoms with E-state index in [4.69, 9.17) is 11.5 Å². The summed E-state index contributed by atoms with van der Waals surface area (Å²) >= 11 is 0. The average Bonchev–Trinajstić information content (AvgIpc) is 2.52. The number of benzene rings is 3. The third-order valence-electron chi connectivity index (χ3n) is 3.79. The van der Waals surface area contributed by atoms with E-state index in [2.05, 4.69) is 25.1 Å². The van der Waals surface area contributed by atoms with Gasteiger partial charge in [0.25, 0.3) is 0 Å². The molecule has 0 saturated carbocycles. The van der Waals surface area contributed by atoms with Crippen molar-refractivity contribution >= 4 is 11.4 Å². The molecule has 0 fully saturated rings. The van der Waals surface area contributed by atoms with Gasteiger partial charge in [-0.2, -0.15) is 0 Å². The van der Waals surface area contributed by atoms with Crippen molar-refractivity contribution < 1.29 is 0 Å². The Morgan fingerprint density at radius 2 is 1.33 bits per heavy atom. The number of hydrogen-bond donors (Lipinski definition) is 2. The summed E-state index contributed by atoms with van der Waals surface area (Å²) in [5, 5.41) is 0. The van der Waals surface area contributed by atoms with Gasteiger partial charge in [-0.1, -0.05) is 48.5 Å². The molecule has 0 aliphatic rings. The molecule has 0 aromatic heterocycles. The third kappa shape index (κ3) is 2.48. The van der Waals surface area contributed by atoms with Crippen LogP contribution in [0.2, 0.25) is 0 Å². The first kappa shape index (κ1) is 13.3. The number of anilines is 2. The van der Waals surface area contributed by atoms with Crippen molar-refractivity contribution in [3.8, 4) is 22.3 Å². The number of nitrogen functional groups attached to an aromatic ring is 2. The SMILES string of the molecule is Cc1c(N)ccc(-c2ccc(N)cc2)c1-c1ccccc1. The third-order valence-corrected chi connectivity index (χ3v) is 3.79. The molecule has 0 heterocycles. The predicted octanol–water partition coefficient (Wildman–Crippen LogP) is 4.49. The highest BCUT2D eigenvalue weighted by Gasteiger charge is 2.12. The first-order chi connectivity index (χ1) is 10.2. The van der Waals surface area contributed by atoms with Crippen LogP contribution in [0.25, 0.3) is 22.3 Å². The highest BCUT2D eigenvalue weighted by Crippen LogP contribution is 2.37. The number of rotatable bonds is 2. The van der Waals surface area contributed by atoms with Gasteiger partial charge >= 0.3 is 0 Å². The normalized spacial score (nSPS) is 10.5. The van der Waals surface area contributed by atoms with Crippen LogP contribution in [0.3, 0.4) is 0 Å². The Labute approximate surface area is 125 Å². The minimum atomic E-state index is 0.771. The fourth-order valence-corrected chi connectivity index (χ4v) is 2.61. The maximum atomic E-state index is 6.11. The van der Waals surface area contributed by atoms with Crippen molar-refractivity contribution in [2.75, 3.05) is 11.5 Å². The summed E-state index contributed by atoms with van der Waals surface area (Å²) in [6.07, 6.45) is 0. The zero-order chi connectivity index (χ0) is 14.8. The molecule has 0 aliphatic heterocycles. The van der Waals surface area contributed by atoms with Crippen LogP contribution >= 0.6 is 0 Å². The lowest BCUT2D eigenvalue weighted by atomic mass is 9.90. The average molecular weight is 274 g/mol. The molecule has 21 heavy (non-hydrogen) atoms. The van der Waals surface area contributed by atoms with Crippen LogP contribution in [0.5, 0.6) is 0 Å². The Balaban J connectivity index is 2.26. The minimum Gasteiger partial charge on any atom is -0.399 e. The second kappa shape index (κ2) is 5.33. The van der Waals surface area contributed by atoms with Crippen LogP contribution in [-0.4, -0.2) is 0 Å². The summed E-state index contributed by atoms with van der Waals surface area (Å²) in [4.78, 5) is 0. The summed E-state index contributed by atoms with van der Waals surface area (Å²) < 4.78 is 0. The smallest absolute Gasteiger partial charge is 0.0350 e. The largest absolute Gasteiger partial charge is 0.399 e. The minimum absolute atomic E-state index is 0.771. The topological polar surface area (TPSA) is 52.0 Å². The van der Waals surface area contributed by atoms with Crippen molar-refractivity contribution in [3.63, 3.8) is 0 Å². The molecule has 0 saturated heterocycles. The Hall–Kier alpha value is -2.74. The zero-order valence-corrected chi connectivity index (χ0v) is 12.0. The van der Waals surface area contributed by atoms with E-state index in [-0.39, 0.29) is 0 Å². The lowest BCUT2D eigenvalue weighted by Crippen LogP contribution is -1.95. The maximum Gasteiger partial charge on any atom is 0.0350 e. The second-order valence-corrected chi connectivity index (χ2v) is 5.19. The van der Waals surface area contributed by atoms with Crippen LogP contribution in [0.4, 0.5) is 11.4 Å². The molecule has 0 amide bonds. The molecule has 104 valence electrons. The molecule has 0 aliphatic carbocycles. The molecule has 4 N–H and O–H groups in total. The Morgan fingerprint density at radius 3 is 2.00 bits per heavy atom. The van der Waals surface area contributed by atoms with E-state index in [0.29, 0.717) is 0 Å². The van der Waals surface area contributed by atoms with Gasteiger partial charge in [-0.05, 0) is 52.9 Å². The van der Waals surface area contributed by atoms with Crippen LogP contribution < -0.4 is 11.5 Å². The summed E-state index contributed by atoms with van der Waals surface area (Å²) in [5.41, 5.74) is 19.3. The van der Waals surface area contributed by atoms with Gasteiger partial charge in [-0.25, -0.2) is 0 Å². The van der Waals surface area contributed by atoms with Gasteiger partial charge < -0.3 is 11.5 Å². The monoisotopic (exact) mass is 274 g/mol. The van der Waals surface area contributed by atoms with E-state index in [1.54, 1.807) is 0 Å². The van der Waals surface area contributed by atoms with Gasteiger partial charge in [-0.3, -0.25) is 0 Å². The van der Waals surface area contributed by atoms with Crippen LogP contribution in [0.15, 0.2) is 66.7 Å². The zero-order valence-electron chi connectivity index (χ0n) is 12.0. The summed E-state index contributed by atoms with van der Waals surface area (Å²) in [6, 6.07) is 22.3. The maximum absolute atomic E-state index is 6.11. The first-order valence-corrected chi connectivity index (χ1v) is 6.97. The van der Waals surface area contributed by atoms with E-state index in [0.717, 1.165) is 22.5 Å². The van der Waals surface area contributed by atoms with E-state index in [1.807, 2.05) is 48.5 Å². The molecule has 0 radical (unpaired) electrons. The fraction of sp³-hybridized carbons (Fsp3) is 0.0526. The predicted molar refractivity (Wildman–Crippen MR) is 90.9 cm³/mol.